The van der Waals surface area contributed by atoms with Gasteiger partial charge in [0, 0.05) is 26.2 Å². The first-order valence-electron chi connectivity index (χ1n) is 5.94. The number of ether oxygens (including phenoxy) is 1. The number of carbonyl (C=O) groups excluding carboxylic acids is 1. The summed E-state index contributed by atoms with van der Waals surface area (Å²) in [6.45, 7) is 0.367. The number of hydrogen-bond donors (Lipinski definition) is 2. The molecule has 1 aromatic rings. The normalized spacial score (nSPS) is 10.4. The highest BCUT2D eigenvalue weighted by atomic mass is 127. The smallest absolute Gasteiger partial charge is 0.223 e. The van der Waals surface area contributed by atoms with Gasteiger partial charge >= 0.3 is 0 Å². The number of hydrogen-bond acceptors (Lipinski definition) is 3. The molecule has 6 nitrogen and oxygen atoms in total. The van der Waals surface area contributed by atoms with Crippen LogP contribution >= 0.6 is 24.0 Å². The van der Waals surface area contributed by atoms with Crippen molar-refractivity contribution in [2.24, 2.45) is 10.7 Å². The van der Waals surface area contributed by atoms with Crippen LogP contribution in [0.25, 0.3) is 0 Å². The summed E-state index contributed by atoms with van der Waals surface area (Å²) in [5.41, 5.74) is 6.54. The van der Waals surface area contributed by atoms with E-state index in [1.54, 1.807) is 21.2 Å². The number of halogens is 1. The molecule has 1 amide bonds. The first kappa shape index (κ1) is 18.5. The van der Waals surface area contributed by atoms with Crippen molar-refractivity contribution >= 4 is 41.5 Å². The van der Waals surface area contributed by atoms with Gasteiger partial charge in [0.2, 0.25) is 5.91 Å². The van der Waals surface area contributed by atoms with Gasteiger partial charge in [-0.15, -0.1) is 24.0 Å². The second kappa shape index (κ2) is 9.40. The quantitative estimate of drug-likeness (QED) is 0.453. The molecule has 0 fully saturated rings. The molecule has 3 N–H and O–H groups in total. The van der Waals surface area contributed by atoms with E-state index in [9.17, 15) is 4.79 Å². The Balaban J connectivity index is 0.00000361. The van der Waals surface area contributed by atoms with E-state index in [0.717, 1.165) is 11.4 Å². The predicted molar refractivity (Wildman–Crippen MR) is 91.8 cm³/mol. The Kier molecular flexibility index (Phi) is 8.69. The van der Waals surface area contributed by atoms with Gasteiger partial charge in [0.1, 0.15) is 5.75 Å². The summed E-state index contributed by atoms with van der Waals surface area (Å²) in [6, 6.07) is 7.33. The highest BCUT2D eigenvalue weighted by Crippen LogP contribution is 2.14. The van der Waals surface area contributed by atoms with Crippen molar-refractivity contribution in [2.45, 2.75) is 6.42 Å². The van der Waals surface area contributed by atoms with Crippen molar-refractivity contribution in [1.29, 1.82) is 0 Å². The molecule has 0 aliphatic rings. The molecule has 1 rings (SSSR count). The Morgan fingerprint density at radius 1 is 1.35 bits per heavy atom. The minimum Gasteiger partial charge on any atom is -0.497 e. The number of nitrogens with one attached hydrogen (secondary N) is 1. The lowest BCUT2D eigenvalue weighted by Crippen LogP contribution is -2.25. The lowest BCUT2D eigenvalue weighted by atomic mass is 10.3. The molecule has 112 valence electrons. The van der Waals surface area contributed by atoms with E-state index in [-0.39, 0.29) is 35.8 Å². The summed E-state index contributed by atoms with van der Waals surface area (Å²) >= 11 is 0. The van der Waals surface area contributed by atoms with Gasteiger partial charge in [-0.1, -0.05) is 0 Å². The summed E-state index contributed by atoms with van der Waals surface area (Å²) in [7, 11) is 5.04. The van der Waals surface area contributed by atoms with Gasteiger partial charge in [-0.25, -0.2) is 0 Å². The molecule has 0 heterocycles. The van der Waals surface area contributed by atoms with Gasteiger partial charge in [0.05, 0.1) is 13.7 Å². The fraction of sp³-hybridized carbons (Fsp3) is 0.385. The van der Waals surface area contributed by atoms with Crippen LogP contribution in [-0.4, -0.2) is 44.5 Å². The van der Waals surface area contributed by atoms with Crippen molar-refractivity contribution in [1.82, 2.24) is 4.90 Å². The maximum atomic E-state index is 11.3. The number of guanidine groups is 1. The topological polar surface area (TPSA) is 80.0 Å². The van der Waals surface area contributed by atoms with E-state index >= 15 is 0 Å². The molecule has 0 spiro atoms. The predicted octanol–water partition coefficient (Wildman–Crippen LogP) is 1.52. The van der Waals surface area contributed by atoms with Crippen molar-refractivity contribution in [3.63, 3.8) is 0 Å². The van der Waals surface area contributed by atoms with Gasteiger partial charge in [-0.05, 0) is 24.3 Å². The van der Waals surface area contributed by atoms with Crippen molar-refractivity contribution in [2.75, 3.05) is 33.1 Å². The van der Waals surface area contributed by atoms with E-state index in [1.165, 1.54) is 4.90 Å². The SMILES string of the molecule is COc1ccc(NC(N)=NCCC(=O)N(C)C)cc1.I. The average molecular weight is 392 g/mol. The Hall–Kier alpha value is -1.51. The molecule has 0 saturated carbocycles. The zero-order chi connectivity index (χ0) is 14.3. The Bertz CT molecular complexity index is 446. The third-order valence-corrected chi connectivity index (χ3v) is 2.47. The van der Waals surface area contributed by atoms with Gasteiger partial charge in [0.25, 0.3) is 0 Å². The molecule has 0 saturated heterocycles. The largest absolute Gasteiger partial charge is 0.497 e. The van der Waals surface area contributed by atoms with Crippen LogP contribution < -0.4 is 15.8 Å². The number of nitrogens with two attached hydrogens (primary N) is 1. The van der Waals surface area contributed by atoms with E-state index in [0.29, 0.717) is 13.0 Å². The summed E-state index contributed by atoms with van der Waals surface area (Å²) in [4.78, 5) is 17.0. The molecule has 0 aliphatic heterocycles. The second-order valence-corrected chi connectivity index (χ2v) is 4.16. The van der Waals surface area contributed by atoms with Gasteiger partial charge in [-0.3, -0.25) is 9.79 Å². The van der Waals surface area contributed by atoms with E-state index in [2.05, 4.69) is 10.3 Å². The van der Waals surface area contributed by atoms with Crippen LogP contribution in [0.4, 0.5) is 5.69 Å². The molecule has 20 heavy (non-hydrogen) atoms. The number of rotatable bonds is 5. The molecule has 0 aliphatic carbocycles. The summed E-state index contributed by atoms with van der Waals surface area (Å²) < 4.78 is 5.06. The molecular weight excluding hydrogens is 371 g/mol. The van der Waals surface area contributed by atoms with E-state index < -0.39 is 0 Å². The molecule has 0 atom stereocenters. The number of nitrogens with zero attached hydrogens (tertiary/aromatic N) is 2. The van der Waals surface area contributed by atoms with Crippen LogP contribution in [0.5, 0.6) is 5.75 Å². The third-order valence-electron chi connectivity index (χ3n) is 2.47. The van der Waals surface area contributed by atoms with Crippen molar-refractivity contribution in [3.8, 4) is 5.75 Å². The Morgan fingerprint density at radius 2 is 1.95 bits per heavy atom. The van der Waals surface area contributed by atoms with Crippen LogP contribution in [0.15, 0.2) is 29.3 Å². The minimum absolute atomic E-state index is 0. The maximum Gasteiger partial charge on any atom is 0.223 e. The van der Waals surface area contributed by atoms with Crippen LogP contribution in [0.1, 0.15) is 6.42 Å². The Labute approximate surface area is 136 Å². The Morgan fingerprint density at radius 3 is 2.45 bits per heavy atom. The second-order valence-electron chi connectivity index (χ2n) is 4.16. The lowest BCUT2D eigenvalue weighted by molar-refractivity contribution is -0.128. The lowest BCUT2D eigenvalue weighted by Gasteiger charge is -2.09. The van der Waals surface area contributed by atoms with Crippen LogP contribution in [0.2, 0.25) is 0 Å². The summed E-state index contributed by atoms with van der Waals surface area (Å²) in [5, 5.41) is 2.94. The monoisotopic (exact) mass is 392 g/mol. The molecule has 7 heteroatoms. The number of aliphatic imine (C=N–C) groups is 1. The first-order valence-corrected chi connectivity index (χ1v) is 5.94. The molecular formula is C13H21IN4O2. The summed E-state index contributed by atoms with van der Waals surface area (Å²) in [6.07, 6.45) is 0.345. The highest BCUT2D eigenvalue weighted by molar-refractivity contribution is 14.0. The number of anilines is 1. The fourth-order valence-electron chi connectivity index (χ4n) is 1.36. The third kappa shape index (κ3) is 6.60. The zero-order valence-corrected chi connectivity index (χ0v) is 14.3. The van der Waals surface area contributed by atoms with Gasteiger partial charge in [0.15, 0.2) is 5.96 Å². The maximum absolute atomic E-state index is 11.3. The molecule has 0 aromatic heterocycles. The van der Waals surface area contributed by atoms with Crippen LogP contribution in [0.3, 0.4) is 0 Å². The first-order chi connectivity index (χ1) is 9.02. The average Bonchev–Trinajstić information content (AvgIpc) is 2.39. The molecule has 0 radical (unpaired) electrons. The standard InChI is InChI=1S/C13H20N4O2.HI/c1-17(2)12(18)8-9-15-13(14)16-10-4-6-11(19-3)7-5-10;/h4-7H,8-9H2,1-3H3,(H3,14,15,16);1H. The fourth-order valence-corrected chi connectivity index (χ4v) is 1.36. The highest BCUT2D eigenvalue weighted by Gasteiger charge is 2.02. The molecule has 0 unspecified atom stereocenters. The number of methoxy groups -OCH3 is 1. The minimum atomic E-state index is 0. The van der Waals surface area contributed by atoms with Gasteiger partial charge in [-0.2, -0.15) is 0 Å². The van der Waals surface area contributed by atoms with E-state index in [4.69, 9.17) is 10.5 Å². The van der Waals surface area contributed by atoms with Crippen LogP contribution in [0, 0.1) is 0 Å². The zero-order valence-electron chi connectivity index (χ0n) is 11.9. The van der Waals surface area contributed by atoms with E-state index in [1.807, 2.05) is 24.3 Å². The molecule has 1 aromatic carbocycles. The van der Waals surface area contributed by atoms with Gasteiger partial charge < -0.3 is 20.7 Å². The summed E-state index contributed by atoms with van der Waals surface area (Å²) in [5.74, 6) is 1.09. The number of amides is 1. The molecule has 0 bridgehead atoms. The van der Waals surface area contributed by atoms with Crippen LogP contribution in [-0.2, 0) is 4.79 Å². The van der Waals surface area contributed by atoms with Crippen molar-refractivity contribution in [3.05, 3.63) is 24.3 Å². The van der Waals surface area contributed by atoms with Crippen molar-refractivity contribution < 1.29 is 9.53 Å². The number of benzene rings is 1. The number of carbonyl (C=O) groups is 1.